The number of carbonyl (C=O) groups excluding carboxylic acids is 2. The molecule has 1 aromatic heterocycles. The van der Waals surface area contributed by atoms with Crippen LogP contribution in [0.15, 0.2) is 58.6 Å². The maximum absolute atomic E-state index is 12.5. The maximum atomic E-state index is 12.5. The Bertz CT molecular complexity index is 944. The third-order valence-corrected chi connectivity index (χ3v) is 7.14. The van der Waals surface area contributed by atoms with Gasteiger partial charge in [0.05, 0.1) is 10.8 Å². The molecule has 2 aromatic rings. The van der Waals surface area contributed by atoms with Crippen LogP contribution < -0.4 is 10.6 Å². The van der Waals surface area contributed by atoms with Crippen molar-refractivity contribution in [3.63, 3.8) is 0 Å². The zero-order chi connectivity index (χ0) is 20.7. The lowest BCUT2D eigenvalue weighted by molar-refractivity contribution is -0.117. The van der Waals surface area contributed by atoms with E-state index < -0.39 is 22.0 Å². The molecule has 2 N–H and O–H groups in total. The van der Waals surface area contributed by atoms with Gasteiger partial charge in [0.15, 0.2) is 0 Å². The first-order valence-corrected chi connectivity index (χ1v) is 11.6. The number of hydrogen-bond acceptors (Lipinski definition) is 6. The fraction of sp³-hybridized carbons (Fsp3) is 0.316. The minimum Gasteiger partial charge on any atom is -0.334 e. The Hall–Kier alpha value is -2.43. The number of amides is 3. The number of urea groups is 1. The number of benzene rings is 1. The minimum absolute atomic E-state index is 0.00994. The van der Waals surface area contributed by atoms with Crippen LogP contribution in [0.3, 0.4) is 0 Å². The Morgan fingerprint density at radius 3 is 2.45 bits per heavy atom. The summed E-state index contributed by atoms with van der Waals surface area (Å²) >= 11 is 1.12. The van der Waals surface area contributed by atoms with Gasteiger partial charge in [-0.05, 0) is 30.5 Å². The van der Waals surface area contributed by atoms with Gasteiger partial charge in [-0.1, -0.05) is 42.1 Å². The summed E-state index contributed by atoms with van der Waals surface area (Å²) in [5.74, 6) is -0.472. The van der Waals surface area contributed by atoms with Gasteiger partial charge in [0, 0.05) is 25.8 Å². The summed E-state index contributed by atoms with van der Waals surface area (Å²) in [7, 11) is -3.50. The second-order valence-corrected chi connectivity index (χ2v) is 9.38. The van der Waals surface area contributed by atoms with Gasteiger partial charge in [-0.15, -0.1) is 0 Å². The second kappa shape index (κ2) is 9.86. The van der Waals surface area contributed by atoms with Crippen LogP contribution in [0.2, 0.25) is 0 Å². The van der Waals surface area contributed by atoms with Crippen LogP contribution in [0.25, 0.3) is 0 Å². The van der Waals surface area contributed by atoms with E-state index in [9.17, 15) is 18.0 Å². The molecule has 0 aliphatic carbocycles. The lowest BCUT2D eigenvalue weighted by Gasteiger charge is -2.15. The summed E-state index contributed by atoms with van der Waals surface area (Å²) in [5.41, 5.74) is 0.928. The topological polar surface area (TPSA) is 108 Å². The number of sulfonamides is 1. The molecule has 29 heavy (non-hydrogen) atoms. The molecule has 1 aliphatic heterocycles. The SMILES string of the molecule is O=C(CSc1ccc(S(=O)(=O)N2CCCC2)cn1)NC(=O)NCc1ccccc1. The molecular weight excluding hydrogens is 412 g/mol. The summed E-state index contributed by atoms with van der Waals surface area (Å²) in [6.45, 7) is 1.39. The monoisotopic (exact) mass is 434 g/mol. The number of nitrogens with zero attached hydrogens (tertiary/aromatic N) is 2. The summed E-state index contributed by atoms with van der Waals surface area (Å²) in [5, 5.41) is 5.37. The summed E-state index contributed by atoms with van der Waals surface area (Å²) < 4.78 is 26.4. The van der Waals surface area contributed by atoms with Crippen LogP contribution in [-0.2, 0) is 21.4 Å². The Labute approximate surface area is 174 Å². The highest BCUT2D eigenvalue weighted by molar-refractivity contribution is 7.99. The van der Waals surface area contributed by atoms with Crippen LogP contribution in [0.1, 0.15) is 18.4 Å². The molecule has 1 fully saturated rings. The molecule has 3 amide bonds. The van der Waals surface area contributed by atoms with Gasteiger partial charge in [-0.3, -0.25) is 10.1 Å². The lowest BCUT2D eigenvalue weighted by Crippen LogP contribution is -2.39. The van der Waals surface area contributed by atoms with Gasteiger partial charge in [0.1, 0.15) is 4.90 Å². The van der Waals surface area contributed by atoms with Gasteiger partial charge in [0.2, 0.25) is 15.9 Å². The van der Waals surface area contributed by atoms with Crippen molar-refractivity contribution in [1.82, 2.24) is 19.9 Å². The van der Waals surface area contributed by atoms with E-state index >= 15 is 0 Å². The number of pyridine rings is 1. The number of thioether (sulfide) groups is 1. The molecule has 3 rings (SSSR count). The molecule has 0 saturated carbocycles. The predicted molar refractivity (Wildman–Crippen MR) is 110 cm³/mol. The van der Waals surface area contributed by atoms with E-state index in [-0.39, 0.29) is 10.6 Å². The van der Waals surface area contributed by atoms with E-state index in [1.165, 1.54) is 16.6 Å². The Morgan fingerprint density at radius 2 is 1.79 bits per heavy atom. The number of imide groups is 1. The van der Waals surface area contributed by atoms with E-state index in [1.807, 2.05) is 30.3 Å². The molecule has 154 valence electrons. The van der Waals surface area contributed by atoms with Gasteiger partial charge in [-0.2, -0.15) is 4.31 Å². The molecule has 10 heteroatoms. The zero-order valence-electron chi connectivity index (χ0n) is 15.7. The number of rotatable bonds is 7. The van der Waals surface area contributed by atoms with Crippen molar-refractivity contribution >= 4 is 33.7 Å². The molecule has 0 spiro atoms. The van der Waals surface area contributed by atoms with Crippen LogP contribution in [-0.4, -0.2) is 48.5 Å². The van der Waals surface area contributed by atoms with Crippen molar-refractivity contribution in [3.05, 3.63) is 54.2 Å². The van der Waals surface area contributed by atoms with E-state index in [2.05, 4.69) is 15.6 Å². The van der Waals surface area contributed by atoms with E-state index in [4.69, 9.17) is 0 Å². The van der Waals surface area contributed by atoms with Crippen LogP contribution in [0.4, 0.5) is 4.79 Å². The molecular formula is C19H22N4O4S2. The maximum Gasteiger partial charge on any atom is 0.321 e. The number of hydrogen-bond donors (Lipinski definition) is 2. The van der Waals surface area contributed by atoms with Crippen LogP contribution >= 0.6 is 11.8 Å². The average molecular weight is 435 g/mol. The van der Waals surface area contributed by atoms with Crippen molar-refractivity contribution in [2.45, 2.75) is 29.3 Å². The molecule has 0 bridgehead atoms. The summed E-state index contributed by atoms with van der Waals surface area (Å²) in [6, 6.07) is 11.8. The quantitative estimate of drug-likeness (QED) is 0.645. The zero-order valence-corrected chi connectivity index (χ0v) is 17.3. The third kappa shape index (κ3) is 6.02. The van der Waals surface area contributed by atoms with Crippen molar-refractivity contribution in [1.29, 1.82) is 0 Å². The Kier molecular flexibility index (Phi) is 7.24. The average Bonchev–Trinajstić information content (AvgIpc) is 3.28. The second-order valence-electron chi connectivity index (χ2n) is 6.45. The fourth-order valence-electron chi connectivity index (χ4n) is 2.81. The van der Waals surface area contributed by atoms with Crippen LogP contribution in [0.5, 0.6) is 0 Å². The van der Waals surface area contributed by atoms with Crippen LogP contribution in [0, 0.1) is 0 Å². The summed E-state index contributed by atoms with van der Waals surface area (Å²) in [4.78, 5) is 28.0. The van der Waals surface area contributed by atoms with Gasteiger partial charge < -0.3 is 5.32 Å². The molecule has 1 aliphatic rings. The first kappa shape index (κ1) is 21.3. The van der Waals surface area contributed by atoms with Crippen molar-refractivity contribution in [2.75, 3.05) is 18.8 Å². The largest absolute Gasteiger partial charge is 0.334 e. The van der Waals surface area contributed by atoms with E-state index in [1.54, 1.807) is 6.07 Å². The van der Waals surface area contributed by atoms with E-state index in [0.29, 0.717) is 24.7 Å². The van der Waals surface area contributed by atoms with E-state index in [0.717, 1.165) is 30.2 Å². The highest BCUT2D eigenvalue weighted by atomic mass is 32.2. The van der Waals surface area contributed by atoms with Gasteiger partial charge >= 0.3 is 6.03 Å². The number of carbonyl (C=O) groups is 2. The predicted octanol–water partition coefficient (Wildman–Crippen LogP) is 1.98. The molecule has 1 aromatic carbocycles. The first-order valence-electron chi connectivity index (χ1n) is 9.16. The lowest BCUT2D eigenvalue weighted by atomic mass is 10.2. The highest BCUT2D eigenvalue weighted by Crippen LogP contribution is 2.22. The standard InChI is InChI=1S/C19H22N4O4S2/c24-17(22-19(25)21-12-15-6-2-1-3-7-15)14-28-18-9-8-16(13-20-18)29(26,27)23-10-4-5-11-23/h1-3,6-9,13H,4-5,10-12,14H2,(H2,21,22,24,25). The molecule has 1 saturated heterocycles. The van der Waals surface area contributed by atoms with Gasteiger partial charge in [-0.25, -0.2) is 18.2 Å². The summed E-state index contributed by atoms with van der Waals surface area (Å²) in [6.07, 6.45) is 3.05. The Morgan fingerprint density at radius 1 is 1.07 bits per heavy atom. The number of nitrogens with one attached hydrogen (secondary N) is 2. The number of aromatic nitrogens is 1. The molecule has 8 nitrogen and oxygen atoms in total. The van der Waals surface area contributed by atoms with Crippen molar-refractivity contribution in [3.8, 4) is 0 Å². The highest BCUT2D eigenvalue weighted by Gasteiger charge is 2.27. The van der Waals surface area contributed by atoms with Gasteiger partial charge in [0.25, 0.3) is 0 Å². The fourth-order valence-corrected chi connectivity index (χ4v) is 4.91. The van der Waals surface area contributed by atoms with Crippen molar-refractivity contribution < 1.29 is 18.0 Å². The smallest absolute Gasteiger partial charge is 0.321 e. The first-order chi connectivity index (χ1) is 13.9. The molecule has 2 heterocycles. The molecule has 0 unspecified atom stereocenters. The van der Waals surface area contributed by atoms with Crippen molar-refractivity contribution in [2.24, 2.45) is 0 Å². The third-order valence-electron chi connectivity index (χ3n) is 4.31. The normalized spacial score (nSPS) is 14.5. The molecule has 0 radical (unpaired) electrons. The minimum atomic E-state index is -3.50. The molecule has 0 atom stereocenters. The Balaban J connectivity index is 1.44.